The van der Waals surface area contributed by atoms with Gasteiger partial charge in [0, 0.05) is 31.2 Å². The van der Waals surface area contributed by atoms with E-state index in [1.165, 1.54) is 19.3 Å². The van der Waals surface area contributed by atoms with Gasteiger partial charge in [0.2, 0.25) is 9.84 Å². The number of hydrogen-bond acceptors (Lipinski definition) is 4. The Morgan fingerprint density at radius 1 is 0.960 bits per heavy atom. The summed E-state index contributed by atoms with van der Waals surface area (Å²) in [6.45, 7) is 2.04. The maximum atomic E-state index is 13.1. The summed E-state index contributed by atoms with van der Waals surface area (Å²) in [7, 11) is -1.86. The van der Waals surface area contributed by atoms with Crippen molar-refractivity contribution in [1.29, 1.82) is 0 Å². The Morgan fingerprint density at radius 2 is 1.68 bits per heavy atom. The molecule has 0 N–H and O–H groups in total. The molecular formula is C19H21N3O2S. The third-order valence-electron chi connectivity index (χ3n) is 4.83. The molecule has 1 aromatic heterocycles. The average Bonchev–Trinajstić information content (AvgIpc) is 3.00. The molecule has 1 aliphatic heterocycles. The molecule has 0 unspecified atom stereocenters. The van der Waals surface area contributed by atoms with Gasteiger partial charge in [0.05, 0.1) is 10.4 Å². The molecule has 1 aliphatic rings. The van der Waals surface area contributed by atoms with Gasteiger partial charge < -0.3 is 4.90 Å². The Balaban J connectivity index is 1.86. The van der Waals surface area contributed by atoms with Crippen LogP contribution in [0.5, 0.6) is 0 Å². The molecule has 0 saturated carbocycles. The second kappa shape index (κ2) is 6.19. The van der Waals surface area contributed by atoms with E-state index in [4.69, 9.17) is 0 Å². The topological polar surface area (TPSA) is 55.2 Å². The van der Waals surface area contributed by atoms with Gasteiger partial charge in [-0.25, -0.2) is 8.42 Å². The predicted molar refractivity (Wildman–Crippen MR) is 98.7 cm³/mol. The molecule has 1 saturated heterocycles. The molecule has 3 aromatic rings. The van der Waals surface area contributed by atoms with Crippen LogP contribution in [0.1, 0.15) is 19.3 Å². The highest BCUT2D eigenvalue weighted by molar-refractivity contribution is 7.91. The lowest BCUT2D eigenvalue weighted by molar-refractivity contribution is 0.578. The normalized spacial score (nSPS) is 15.6. The second-order valence-corrected chi connectivity index (χ2v) is 8.36. The summed E-state index contributed by atoms with van der Waals surface area (Å²) in [5.74, 6) is 0. The minimum absolute atomic E-state index is 0.134. The van der Waals surface area contributed by atoms with Crippen LogP contribution in [0.2, 0.25) is 0 Å². The smallest absolute Gasteiger partial charge is 0.226 e. The Kier molecular flexibility index (Phi) is 4.00. The Hall–Kier alpha value is -2.34. The molecule has 130 valence electrons. The first-order chi connectivity index (χ1) is 12.1. The second-order valence-electron chi connectivity index (χ2n) is 6.49. The van der Waals surface area contributed by atoms with Crippen molar-refractivity contribution in [3.8, 4) is 0 Å². The van der Waals surface area contributed by atoms with Crippen molar-refractivity contribution in [2.24, 2.45) is 7.05 Å². The molecule has 0 aliphatic carbocycles. The molecule has 0 bridgehead atoms. The fourth-order valence-corrected chi connectivity index (χ4v) is 4.90. The van der Waals surface area contributed by atoms with Crippen LogP contribution >= 0.6 is 0 Å². The maximum absolute atomic E-state index is 13.1. The van der Waals surface area contributed by atoms with Crippen LogP contribution in [0.3, 0.4) is 0 Å². The van der Waals surface area contributed by atoms with Crippen molar-refractivity contribution in [3.05, 3.63) is 48.5 Å². The summed E-state index contributed by atoms with van der Waals surface area (Å²) in [5, 5.41) is 5.16. The quantitative estimate of drug-likeness (QED) is 0.723. The van der Waals surface area contributed by atoms with E-state index in [2.05, 4.69) is 16.1 Å². The molecule has 2 heterocycles. The van der Waals surface area contributed by atoms with E-state index < -0.39 is 9.84 Å². The SMILES string of the molecule is Cn1nc(S(=O)(=O)c2ccccc2)c2cc(N3CCCCC3)ccc21. The van der Waals surface area contributed by atoms with Crippen molar-refractivity contribution in [3.63, 3.8) is 0 Å². The van der Waals surface area contributed by atoms with Gasteiger partial charge in [0.15, 0.2) is 5.03 Å². The third-order valence-corrected chi connectivity index (χ3v) is 6.53. The van der Waals surface area contributed by atoms with Gasteiger partial charge in [0.25, 0.3) is 0 Å². The highest BCUT2D eigenvalue weighted by atomic mass is 32.2. The molecule has 6 heteroatoms. The number of aryl methyl sites for hydroxylation is 1. The monoisotopic (exact) mass is 355 g/mol. The summed E-state index contributed by atoms with van der Waals surface area (Å²) in [5.41, 5.74) is 1.90. The Morgan fingerprint density at radius 3 is 2.40 bits per heavy atom. The minimum atomic E-state index is -3.64. The molecule has 2 aromatic carbocycles. The number of sulfone groups is 1. The van der Waals surface area contributed by atoms with Crippen LogP contribution in [0.15, 0.2) is 58.5 Å². The van der Waals surface area contributed by atoms with Crippen molar-refractivity contribution >= 4 is 26.4 Å². The van der Waals surface area contributed by atoms with Crippen LogP contribution in [0, 0.1) is 0 Å². The van der Waals surface area contributed by atoms with E-state index in [9.17, 15) is 8.42 Å². The van der Waals surface area contributed by atoms with Crippen LogP contribution in [0.4, 0.5) is 5.69 Å². The number of fused-ring (bicyclic) bond motifs is 1. The minimum Gasteiger partial charge on any atom is -0.372 e. The van der Waals surface area contributed by atoms with Gasteiger partial charge in [-0.05, 0) is 49.6 Å². The zero-order chi connectivity index (χ0) is 17.4. The standard InChI is InChI=1S/C19H21N3O2S/c1-21-18-11-10-15(22-12-6-3-7-13-22)14-17(18)19(20-21)25(23,24)16-8-4-2-5-9-16/h2,4-5,8-11,14H,3,6-7,12-13H2,1H3. The van der Waals surface area contributed by atoms with Gasteiger partial charge in [0.1, 0.15) is 0 Å². The van der Waals surface area contributed by atoms with Crippen LogP contribution < -0.4 is 4.90 Å². The van der Waals surface area contributed by atoms with Gasteiger partial charge >= 0.3 is 0 Å². The average molecular weight is 355 g/mol. The number of hydrogen-bond donors (Lipinski definition) is 0. The third kappa shape index (κ3) is 2.80. The number of anilines is 1. The van der Waals surface area contributed by atoms with Gasteiger partial charge in [-0.2, -0.15) is 5.10 Å². The van der Waals surface area contributed by atoms with E-state index >= 15 is 0 Å². The number of aromatic nitrogens is 2. The largest absolute Gasteiger partial charge is 0.372 e. The molecule has 0 radical (unpaired) electrons. The van der Waals surface area contributed by atoms with Gasteiger partial charge in [-0.3, -0.25) is 4.68 Å². The molecule has 0 atom stereocenters. The summed E-state index contributed by atoms with van der Waals surface area (Å²) >= 11 is 0. The molecule has 5 nitrogen and oxygen atoms in total. The first kappa shape index (κ1) is 16.1. The summed E-state index contributed by atoms with van der Waals surface area (Å²) in [4.78, 5) is 2.60. The van der Waals surface area contributed by atoms with E-state index in [1.807, 2.05) is 18.2 Å². The van der Waals surface area contributed by atoms with E-state index in [1.54, 1.807) is 36.0 Å². The number of nitrogens with zero attached hydrogens (tertiary/aromatic N) is 3. The number of piperidine rings is 1. The van der Waals surface area contributed by atoms with E-state index in [0.29, 0.717) is 5.39 Å². The molecule has 25 heavy (non-hydrogen) atoms. The first-order valence-electron chi connectivity index (χ1n) is 8.59. The predicted octanol–water partition coefficient (Wildman–Crippen LogP) is 3.40. The zero-order valence-electron chi connectivity index (χ0n) is 14.2. The van der Waals surface area contributed by atoms with Crippen LogP contribution in [-0.2, 0) is 16.9 Å². The van der Waals surface area contributed by atoms with Gasteiger partial charge in [-0.1, -0.05) is 18.2 Å². The number of benzene rings is 2. The summed E-state index contributed by atoms with van der Waals surface area (Å²) in [6, 6.07) is 14.5. The van der Waals surface area contributed by atoms with Crippen molar-refractivity contribution in [1.82, 2.24) is 9.78 Å². The fraction of sp³-hybridized carbons (Fsp3) is 0.316. The van der Waals surface area contributed by atoms with Crippen molar-refractivity contribution < 1.29 is 8.42 Å². The lowest BCUT2D eigenvalue weighted by atomic mass is 10.1. The molecule has 0 spiro atoms. The molecule has 1 fully saturated rings. The Labute approximate surface area is 147 Å². The van der Waals surface area contributed by atoms with E-state index in [0.717, 1.165) is 24.3 Å². The first-order valence-corrected chi connectivity index (χ1v) is 10.1. The summed E-state index contributed by atoms with van der Waals surface area (Å²) < 4.78 is 27.8. The molecule has 0 amide bonds. The molecule has 4 rings (SSSR count). The zero-order valence-corrected chi connectivity index (χ0v) is 15.0. The molecular weight excluding hydrogens is 334 g/mol. The highest BCUT2D eigenvalue weighted by Crippen LogP contribution is 2.31. The van der Waals surface area contributed by atoms with Gasteiger partial charge in [-0.15, -0.1) is 0 Å². The Bertz CT molecular complexity index is 1000. The fourth-order valence-electron chi connectivity index (χ4n) is 3.48. The number of rotatable bonds is 3. The van der Waals surface area contributed by atoms with Crippen molar-refractivity contribution in [2.75, 3.05) is 18.0 Å². The van der Waals surface area contributed by atoms with Crippen LogP contribution in [0.25, 0.3) is 10.9 Å². The maximum Gasteiger partial charge on any atom is 0.226 e. The van der Waals surface area contributed by atoms with Crippen molar-refractivity contribution in [2.45, 2.75) is 29.2 Å². The summed E-state index contributed by atoms with van der Waals surface area (Å²) in [6.07, 6.45) is 3.62. The lowest BCUT2D eigenvalue weighted by Gasteiger charge is -2.28. The lowest BCUT2D eigenvalue weighted by Crippen LogP contribution is -2.29. The highest BCUT2D eigenvalue weighted by Gasteiger charge is 2.25. The van der Waals surface area contributed by atoms with E-state index in [-0.39, 0.29) is 9.92 Å². The van der Waals surface area contributed by atoms with Crippen LogP contribution in [-0.4, -0.2) is 31.3 Å².